The Morgan fingerprint density at radius 3 is 2.92 bits per heavy atom. The Bertz CT molecular complexity index is 215. The van der Waals surface area contributed by atoms with Crippen LogP contribution in [0.2, 0.25) is 0 Å². The molecule has 1 heterocycles. The van der Waals surface area contributed by atoms with E-state index >= 15 is 0 Å². The van der Waals surface area contributed by atoms with Gasteiger partial charge in [0.25, 0.3) is 0 Å². The smallest absolute Gasteiger partial charge is 0.155 e. The summed E-state index contributed by atoms with van der Waals surface area (Å²) in [6, 6.07) is 0. The Hall–Kier alpha value is -0.720. The quantitative estimate of drug-likeness (QED) is 0.517. The standard InChI is InChI=1S/C12H18O/c1-2-4-6-8-10-12-11(13-12)9-7-5-3-1/h5,7,9,12H,1-4,6,8,10H2. The summed E-state index contributed by atoms with van der Waals surface area (Å²) in [5, 5.41) is 0. The second kappa shape index (κ2) is 4.50. The minimum Gasteiger partial charge on any atom is -0.483 e. The van der Waals surface area contributed by atoms with Crippen molar-refractivity contribution in [3.8, 4) is 0 Å². The zero-order valence-corrected chi connectivity index (χ0v) is 8.17. The highest BCUT2D eigenvalue weighted by atomic mass is 16.6. The van der Waals surface area contributed by atoms with E-state index in [9.17, 15) is 0 Å². The van der Waals surface area contributed by atoms with E-state index in [0.717, 1.165) is 0 Å². The van der Waals surface area contributed by atoms with Gasteiger partial charge in [0, 0.05) is 0 Å². The van der Waals surface area contributed by atoms with E-state index in [0.29, 0.717) is 6.10 Å². The molecule has 1 unspecified atom stereocenters. The second-order valence-corrected chi connectivity index (χ2v) is 3.95. The average molecular weight is 178 g/mol. The summed E-state index contributed by atoms with van der Waals surface area (Å²) in [6.07, 6.45) is 16.4. The molecule has 1 fully saturated rings. The second-order valence-electron chi connectivity index (χ2n) is 3.95. The summed E-state index contributed by atoms with van der Waals surface area (Å²) in [5.74, 6) is 1.21. The van der Waals surface area contributed by atoms with Gasteiger partial charge in [-0.25, -0.2) is 0 Å². The van der Waals surface area contributed by atoms with Crippen LogP contribution in [0.25, 0.3) is 0 Å². The normalized spacial score (nSPS) is 28.9. The highest BCUT2D eigenvalue weighted by Gasteiger charge is 2.30. The van der Waals surface area contributed by atoms with Gasteiger partial charge >= 0.3 is 0 Å². The lowest BCUT2D eigenvalue weighted by molar-refractivity contribution is 0.401. The molecule has 0 bridgehead atoms. The predicted molar refractivity (Wildman–Crippen MR) is 54.4 cm³/mol. The average Bonchev–Trinajstić information content (AvgIpc) is 2.83. The molecule has 1 nitrogen and oxygen atoms in total. The molecule has 0 aromatic rings. The van der Waals surface area contributed by atoms with E-state index in [4.69, 9.17) is 4.74 Å². The third-order valence-electron chi connectivity index (χ3n) is 2.77. The molecule has 2 rings (SSSR count). The summed E-state index contributed by atoms with van der Waals surface area (Å²) < 4.78 is 5.44. The van der Waals surface area contributed by atoms with E-state index in [1.165, 1.54) is 50.7 Å². The van der Waals surface area contributed by atoms with E-state index in [1.807, 2.05) is 0 Å². The van der Waals surface area contributed by atoms with Crippen molar-refractivity contribution in [2.24, 2.45) is 0 Å². The SMILES string of the molecule is C1=CCCCCCCCC2OC2=C1. The van der Waals surface area contributed by atoms with E-state index in [-0.39, 0.29) is 0 Å². The fraction of sp³-hybridized carbons (Fsp3) is 0.667. The van der Waals surface area contributed by atoms with Gasteiger partial charge in [-0.3, -0.25) is 0 Å². The molecule has 1 aliphatic heterocycles. The predicted octanol–water partition coefficient (Wildman–Crippen LogP) is 3.57. The van der Waals surface area contributed by atoms with E-state index in [2.05, 4.69) is 18.2 Å². The van der Waals surface area contributed by atoms with Gasteiger partial charge in [-0.2, -0.15) is 0 Å². The summed E-state index contributed by atoms with van der Waals surface area (Å²) >= 11 is 0. The number of epoxide rings is 1. The van der Waals surface area contributed by atoms with Gasteiger partial charge in [0.2, 0.25) is 0 Å². The molecule has 13 heavy (non-hydrogen) atoms. The highest BCUT2D eigenvalue weighted by Crippen LogP contribution is 2.31. The van der Waals surface area contributed by atoms with Crippen molar-refractivity contribution in [1.29, 1.82) is 0 Å². The number of hydrogen-bond donors (Lipinski definition) is 0. The van der Waals surface area contributed by atoms with Crippen LogP contribution in [0.15, 0.2) is 24.0 Å². The molecular formula is C12H18O. The van der Waals surface area contributed by atoms with Gasteiger partial charge in [-0.1, -0.05) is 31.4 Å². The third-order valence-corrected chi connectivity index (χ3v) is 2.77. The van der Waals surface area contributed by atoms with E-state index < -0.39 is 0 Å². The first-order chi connectivity index (χ1) is 6.47. The molecule has 1 heteroatoms. The van der Waals surface area contributed by atoms with Crippen molar-refractivity contribution in [2.45, 2.75) is 51.0 Å². The van der Waals surface area contributed by atoms with Gasteiger partial charge < -0.3 is 4.74 Å². The largest absolute Gasteiger partial charge is 0.483 e. The van der Waals surface area contributed by atoms with Crippen LogP contribution < -0.4 is 0 Å². The lowest BCUT2D eigenvalue weighted by atomic mass is 10.1. The summed E-state index contributed by atoms with van der Waals surface area (Å²) in [7, 11) is 0. The van der Waals surface area contributed by atoms with Gasteiger partial charge in [-0.05, 0) is 31.8 Å². The minimum atomic E-state index is 0.476. The molecule has 0 radical (unpaired) electrons. The van der Waals surface area contributed by atoms with Crippen LogP contribution >= 0.6 is 0 Å². The molecule has 0 saturated carbocycles. The van der Waals surface area contributed by atoms with Crippen LogP contribution in [0.4, 0.5) is 0 Å². The summed E-state index contributed by atoms with van der Waals surface area (Å²) in [4.78, 5) is 0. The van der Waals surface area contributed by atoms with Crippen molar-refractivity contribution in [2.75, 3.05) is 0 Å². The monoisotopic (exact) mass is 178 g/mol. The molecule has 0 aromatic carbocycles. The zero-order valence-electron chi connectivity index (χ0n) is 8.17. The summed E-state index contributed by atoms with van der Waals surface area (Å²) in [6.45, 7) is 0. The molecule has 1 atom stereocenters. The number of ether oxygens (including phenoxy) is 1. The molecule has 1 saturated heterocycles. The van der Waals surface area contributed by atoms with Gasteiger partial charge in [0.1, 0.15) is 5.76 Å². The first kappa shape index (κ1) is 8.86. The maximum atomic E-state index is 5.44. The van der Waals surface area contributed by atoms with Crippen molar-refractivity contribution in [3.63, 3.8) is 0 Å². The molecule has 0 amide bonds. The number of fused-ring (bicyclic) bond motifs is 1. The Balaban J connectivity index is 1.84. The fourth-order valence-electron chi connectivity index (χ4n) is 1.86. The van der Waals surface area contributed by atoms with Crippen LogP contribution in [0, 0.1) is 0 Å². The van der Waals surface area contributed by atoms with Crippen LogP contribution in [-0.2, 0) is 4.74 Å². The molecule has 0 N–H and O–H groups in total. The van der Waals surface area contributed by atoms with Crippen molar-refractivity contribution >= 4 is 0 Å². The first-order valence-corrected chi connectivity index (χ1v) is 5.50. The maximum absolute atomic E-state index is 5.44. The van der Waals surface area contributed by atoms with Gasteiger partial charge in [0.05, 0.1) is 0 Å². The highest BCUT2D eigenvalue weighted by molar-refractivity contribution is 5.20. The Labute approximate surface area is 80.5 Å². The molecular weight excluding hydrogens is 160 g/mol. The van der Waals surface area contributed by atoms with Crippen LogP contribution in [-0.4, -0.2) is 6.10 Å². The minimum absolute atomic E-state index is 0.476. The van der Waals surface area contributed by atoms with E-state index in [1.54, 1.807) is 0 Å². The van der Waals surface area contributed by atoms with Crippen LogP contribution in [0.3, 0.4) is 0 Å². The molecule has 0 spiro atoms. The Morgan fingerprint density at radius 2 is 1.92 bits per heavy atom. The number of rotatable bonds is 0. The lowest BCUT2D eigenvalue weighted by Gasteiger charge is -1.98. The van der Waals surface area contributed by atoms with Crippen molar-refractivity contribution < 1.29 is 4.74 Å². The van der Waals surface area contributed by atoms with Crippen molar-refractivity contribution in [3.05, 3.63) is 24.0 Å². The fourth-order valence-corrected chi connectivity index (χ4v) is 1.86. The Kier molecular flexibility index (Phi) is 3.07. The summed E-state index contributed by atoms with van der Waals surface area (Å²) in [5.41, 5.74) is 0. The van der Waals surface area contributed by atoms with Crippen LogP contribution in [0.5, 0.6) is 0 Å². The van der Waals surface area contributed by atoms with Gasteiger partial charge in [0.15, 0.2) is 6.10 Å². The molecule has 2 aliphatic rings. The Morgan fingerprint density at radius 1 is 1.08 bits per heavy atom. The lowest BCUT2D eigenvalue weighted by Crippen LogP contribution is -1.86. The topological polar surface area (TPSA) is 12.5 Å². The molecule has 1 aliphatic carbocycles. The first-order valence-electron chi connectivity index (χ1n) is 5.50. The maximum Gasteiger partial charge on any atom is 0.155 e. The molecule has 72 valence electrons. The van der Waals surface area contributed by atoms with Crippen molar-refractivity contribution in [1.82, 2.24) is 0 Å². The van der Waals surface area contributed by atoms with Crippen LogP contribution in [0.1, 0.15) is 44.9 Å². The zero-order chi connectivity index (χ0) is 8.93. The van der Waals surface area contributed by atoms with Gasteiger partial charge in [-0.15, -0.1) is 0 Å². The molecule has 0 aromatic heterocycles. The third kappa shape index (κ3) is 2.91. The number of allylic oxidation sites excluding steroid dienone is 3. The number of hydrogen-bond acceptors (Lipinski definition) is 1.